The van der Waals surface area contributed by atoms with Crippen LogP contribution in [0.25, 0.3) is 0 Å². The van der Waals surface area contributed by atoms with Crippen LogP contribution in [0, 0.1) is 0 Å². The number of nitrogens with one attached hydrogen (secondary N) is 1. The van der Waals surface area contributed by atoms with Gasteiger partial charge in [-0.1, -0.05) is 54.6 Å². The Hall–Kier alpha value is -2.62. The molecule has 2 rings (SSSR count). The Labute approximate surface area is 129 Å². The van der Waals surface area contributed by atoms with Gasteiger partial charge < -0.3 is 10.4 Å². The van der Waals surface area contributed by atoms with E-state index in [1.165, 1.54) is 5.56 Å². The minimum absolute atomic E-state index is 0.0620. The number of carbonyl (C=O) groups excluding carboxylic acids is 1. The molecule has 114 valence electrons. The van der Waals surface area contributed by atoms with Gasteiger partial charge in [0, 0.05) is 6.54 Å². The zero-order chi connectivity index (χ0) is 15.8. The average Bonchev–Trinajstić information content (AvgIpc) is 2.50. The van der Waals surface area contributed by atoms with Crippen molar-refractivity contribution < 1.29 is 14.7 Å². The van der Waals surface area contributed by atoms with E-state index in [0.717, 1.165) is 12.0 Å². The molecular weight excluding hydrogens is 278 g/mol. The first-order valence-corrected chi connectivity index (χ1v) is 7.24. The highest BCUT2D eigenvalue weighted by Crippen LogP contribution is 2.10. The Morgan fingerprint density at radius 2 is 1.45 bits per heavy atom. The molecule has 0 fully saturated rings. The van der Waals surface area contributed by atoms with Gasteiger partial charge in [0.15, 0.2) is 0 Å². The first kappa shape index (κ1) is 15.8. The van der Waals surface area contributed by atoms with Crippen LogP contribution in [0.4, 0.5) is 0 Å². The first-order valence-electron chi connectivity index (χ1n) is 7.24. The highest BCUT2D eigenvalue weighted by atomic mass is 16.4. The third kappa shape index (κ3) is 5.05. The van der Waals surface area contributed by atoms with E-state index < -0.39 is 5.97 Å². The van der Waals surface area contributed by atoms with Gasteiger partial charge in [0.2, 0.25) is 5.91 Å². The summed E-state index contributed by atoms with van der Waals surface area (Å²) >= 11 is 0. The molecule has 2 aromatic rings. The zero-order valence-electron chi connectivity index (χ0n) is 12.3. The number of hydrogen-bond donors (Lipinski definition) is 2. The van der Waals surface area contributed by atoms with E-state index >= 15 is 0 Å². The lowest BCUT2D eigenvalue weighted by atomic mass is 10.0. The SMILES string of the molecule is O=C(O)Cc1ccccc1CC(=O)NCCc1ccccc1. The number of rotatable bonds is 7. The van der Waals surface area contributed by atoms with E-state index in [2.05, 4.69) is 5.32 Å². The number of carbonyl (C=O) groups is 2. The van der Waals surface area contributed by atoms with Gasteiger partial charge in [-0.2, -0.15) is 0 Å². The summed E-state index contributed by atoms with van der Waals surface area (Å²) in [5.74, 6) is -0.981. The molecule has 22 heavy (non-hydrogen) atoms. The Kier molecular flexibility index (Phi) is 5.72. The minimum atomic E-state index is -0.892. The van der Waals surface area contributed by atoms with Crippen molar-refractivity contribution in [2.75, 3.05) is 6.54 Å². The van der Waals surface area contributed by atoms with Gasteiger partial charge in [0.1, 0.15) is 0 Å². The van der Waals surface area contributed by atoms with Crippen molar-refractivity contribution in [1.82, 2.24) is 5.32 Å². The van der Waals surface area contributed by atoms with Gasteiger partial charge in [-0.25, -0.2) is 0 Å². The van der Waals surface area contributed by atoms with E-state index in [1.54, 1.807) is 18.2 Å². The molecule has 0 spiro atoms. The number of amides is 1. The van der Waals surface area contributed by atoms with Crippen LogP contribution < -0.4 is 5.32 Å². The molecule has 0 unspecified atom stereocenters. The van der Waals surface area contributed by atoms with Gasteiger partial charge in [-0.3, -0.25) is 9.59 Å². The number of carboxylic acid groups (broad SMARTS) is 1. The molecule has 4 heteroatoms. The average molecular weight is 297 g/mol. The Morgan fingerprint density at radius 3 is 2.09 bits per heavy atom. The molecule has 0 aliphatic carbocycles. The summed E-state index contributed by atoms with van der Waals surface area (Å²) in [4.78, 5) is 22.8. The monoisotopic (exact) mass is 297 g/mol. The molecule has 0 radical (unpaired) electrons. The van der Waals surface area contributed by atoms with Crippen LogP contribution in [0.3, 0.4) is 0 Å². The summed E-state index contributed by atoms with van der Waals surface area (Å²) in [7, 11) is 0. The molecule has 0 bridgehead atoms. The molecule has 4 nitrogen and oxygen atoms in total. The number of aliphatic carboxylic acids is 1. The molecule has 0 saturated heterocycles. The molecule has 0 aliphatic rings. The van der Waals surface area contributed by atoms with Crippen LogP contribution in [0.5, 0.6) is 0 Å². The minimum Gasteiger partial charge on any atom is -0.481 e. The molecular formula is C18H19NO3. The van der Waals surface area contributed by atoms with Crippen molar-refractivity contribution in [3.05, 3.63) is 71.3 Å². The lowest BCUT2D eigenvalue weighted by Crippen LogP contribution is -2.27. The third-order valence-corrected chi connectivity index (χ3v) is 3.39. The van der Waals surface area contributed by atoms with Crippen LogP contribution in [-0.2, 0) is 28.9 Å². The zero-order valence-corrected chi connectivity index (χ0v) is 12.3. The fourth-order valence-electron chi connectivity index (χ4n) is 2.29. The van der Waals surface area contributed by atoms with E-state index in [1.807, 2.05) is 36.4 Å². The molecule has 0 saturated carbocycles. The van der Waals surface area contributed by atoms with E-state index in [0.29, 0.717) is 12.1 Å². The van der Waals surface area contributed by atoms with Crippen LogP contribution in [-0.4, -0.2) is 23.5 Å². The lowest BCUT2D eigenvalue weighted by Gasteiger charge is -2.09. The van der Waals surface area contributed by atoms with Gasteiger partial charge in [0.25, 0.3) is 0 Å². The fraction of sp³-hybridized carbons (Fsp3) is 0.222. The summed E-state index contributed by atoms with van der Waals surface area (Å²) in [6.45, 7) is 0.573. The van der Waals surface area contributed by atoms with Crippen molar-refractivity contribution >= 4 is 11.9 Å². The number of benzene rings is 2. The van der Waals surface area contributed by atoms with Gasteiger partial charge >= 0.3 is 5.97 Å². The molecule has 1 amide bonds. The third-order valence-electron chi connectivity index (χ3n) is 3.39. The maximum Gasteiger partial charge on any atom is 0.307 e. The normalized spacial score (nSPS) is 10.2. The molecule has 2 aromatic carbocycles. The summed E-state index contributed by atoms with van der Waals surface area (Å²) in [5.41, 5.74) is 2.63. The molecule has 0 aliphatic heterocycles. The van der Waals surface area contributed by atoms with Crippen molar-refractivity contribution in [1.29, 1.82) is 0 Å². The molecule has 0 atom stereocenters. The summed E-state index contributed by atoms with van der Waals surface area (Å²) in [6.07, 6.45) is 0.926. The van der Waals surface area contributed by atoms with Gasteiger partial charge in [0.05, 0.1) is 12.8 Å². The van der Waals surface area contributed by atoms with Gasteiger partial charge in [-0.15, -0.1) is 0 Å². The topological polar surface area (TPSA) is 66.4 Å². The molecule has 0 heterocycles. The predicted molar refractivity (Wildman–Crippen MR) is 84.6 cm³/mol. The van der Waals surface area contributed by atoms with Crippen molar-refractivity contribution in [3.63, 3.8) is 0 Å². The highest BCUT2D eigenvalue weighted by Gasteiger charge is 2.09. The van der Waals surface area contributed by atoms with Crippen molar-refractivity contribution in [2.45, 2.75) is 19.3 Å². The Morgan fingerprint density at radius 1 is 0.864 bits per heavy atom. The largest absolute Gasteiger partial charge is 0.481 e. The second-order valence-corrected chi connectivity index (χ2v) is 5.10. The van der Waals surface area contributed by atoms with E-state index in [-0.39, 0.29) is 18.7 Å². The molecule has 0 aromatic heterocycles. The second-order valence-electron chi connectivity index (χ2n) is 5.10. The van der Waals surface area contributed by atoms with Crippen molar-refractivity contribution in [2.24, 2.45) is 0 Å². The quantitative estimate of drug-likeness (QED) is 0.823. The van der Waals surface area contributed by atoms with Crippen LogP contribution >= 0.6 is 0 Å². The maximum absolute atomic E-state index is 12.0. The number of hydrogen-bond acceptors (Lipinski definition) is 2. The highest BCUT2D eigenvalue weighted by molar-refractivity contribution is 5.79. The van der Waals surface area contributed by atoms with E-state index in [9.17, 15) is 9.59 Å². The predicted octanol–water partition coefficient (Wildman–Crippen LogP) is 2.22. The molecule has 2 N–H and O–H groups in total. The summed E-state index contributed by atoms with van der Waals surface area (Å²) < 4.78 is 0. The van der Waals surface area contributed by atoms with E-state index in [4.69, 9.17) is 5.11 Å². The Bertz CT molecular complexity index is 638. The first-order chi connectivity index (χ1) is 10.6. The standard InChI is InChI=1S/C18H19NO3/c20-17(19-11-10-14-6-2-1-3-7-14)12-15-8-4-5-9-16(15)13-18(21)22/h1-9H,10-13H2,(H,19,20)(H,21,22). The van der Waals surface area contributed by atoms with Gasteiger partial charge in [-0.05, 0) is 23.1 Å². The van der Waals surface area contributed by atoms with Crippen LogP contribution in [0.15, 0.2) is 54.6 Å². The second kappa shape index (κ2) is 7.98. The maximum atomic E-state index is 12.0. The van der Waals surface area contributed by atoms with Crippen LogP contribution in [0.1, 0.15) is 16.7 Å². The summed E-state index contributed by atoms with van der Waals surface area (Å²) in [5, 5.41) is 11.8. The smallest absolute Gasteiger partial charge is 0.307 e. The van der Waals surface area contributed by atoms with Crippen molar-refractivity contribution in [3.8, 4) is 0 Å². The fourth-order valence-corrected chi connectivity index (χ4v) is 2.29. The number of carboxylic acids is 1. The van der Waals surface area contributed by atoms with Crippen LogP contribution in [0.2, 0.25) is 0 Å². The Balaban J connectivity index is 1.85. The summed E-state index contributed by atoms with van der Waals surface area (Å²) in [6, 6.07) is 17.1. The lowest BCUT2D eigenvalue weighted by molar-refractivity contribution is -0.136.